The highest BCUT2D eigenvalue weighted by Crippen LogP contribution is 2.25. The molecule has 100 valence electrons. The summed E-state index contributed by atoms with van der Waals surface area (Å²) in [4.78, 5) is 12.3. The molecule has 1 aliphatic rings. The molecular weight excluding hydrogens is 289 g/mol. The molecule has 0 radical (unpaired) electrons. The number of aryl methyl sites for hydroxylation is 1. The quantitative estimate of drug-likeness (QED) is 0.822. The molecule has 2 heterocycles. The lowest BCUT2D eigenvalue weighted by Crippen LogP contribution is -2.28. The monoisotopic (exact) mass is 299 g/mol. The van der Waals surface area contributed by atoms with E-state index in [0.29, 0.717) is 12.2 Å². The third-order valence-electron chi connectivity index (χ3n) is 3.18. The van der Waals surface area contributed by atoms with Gasteiger partial charge < -0.3 is 0 Å². The Morgan fingerprint density at radius 3 is 2.95 bits per heavy atom. The van der Waals surface area contributed by atoms with Crippen LogP contribution in [0.15, 0.2) is 23.0 Å². The molecule has 7 heteroatoms. The van der Waals surface area contributed by atoms with Crippen molar-refractivity contribution in [3.63, 3.8) is 0 Å². The van der Waals surface area contributed by atoms with Crippen molar-refractivity contribution in [2.75, 3.05) is 0 Å². The number of halogens is 2. The summed E-state index contributed by atoms with van der Waals surface area (Å²) < 4.78 is 16.5. The van der Waals surface area contributed by atoms with Gasteiger partial charge in [0.15, 0.2) is 5.82 Å². The predicted octanol–water partition coefficient (Wildman–Crippen LogP) is 2.59. The van der Waals surface area contributed by atoms with Gasteiger partial charge in [-0.1, -0.05) is 11.6 Å². The lowest BCUT2D eigenvalue weighted by Gasteiger charge is -2.17. The lowest BCUT2D eigenvalue weighted by atomic mass is 10.2. The van der Waals surface area contributed by atoms with E-state index < -0.39 is 5.82 Å². The zero-order valence-corrected chi connectivity index (χ0v) is 11.5. The van der Waals surface area contributed by atoms with Crippen LogP contribution in [0.2, 0.25) is 5.02 Å². The second kappa shape index (κ2) is 4.68. The fourth-order valence-corrected chi connectivity index (χ4v) is 2.84. The van der Waals surface area contributed by atoms with Crippen molar-refractivity contribution in [1.29, 1.82) is 0 Å². The molecule has 0 saturated heterocycles. The molecule has 1 aromatic carbocycles. The lowest BCUT2D eigenvalue weighted by molar-refractivity contribution is 0.502. The largest absolute Gasteiger partial charge is 0.351 e. The van der Waals surface area contributed by atoms with Gasteiger partial charge in [-0.2, -0.15) is 17.3 Å². The summed E-state index contributed by atoms with van der Waals surface area (Å²) in [5.41, 5.74) is -0.257. The SMILES string of the molecule is O=c1n(-c2ccc(Cl)cc2F)nc2n1C(S)CCC2. The molecule has 1 aromatic heterocycles. The van der Waals surface area contributed by atoms with Crippen LogP contribution >= 0.6 is 24.2 Å². The molecular formula is C12H11ClFN3OS. The summed E-state index contributed by atoms with van der Waals surface area (Å²) in [7, 11) is 0. The van der Waals surface area contributed by atoms with Crippen molar-refractivity contribution in [2.24, 2.45) is 0 Å². The minimum Gasteiger partial charge on any atom is -0.266 e. The zero-order valence-electron chi connectivity index (χ0n) is 9.88. The molecule has 0 fully saturated rings. The molecule has 0 N–H and O–H groups in total. The topological polar surface area (TPSA) is 39.8 Å². The molecule has 0 saturated carbocycles. The maximum absolute atomic E-state index is 13.9. The van der Waals surface area contributed by atoms with Gasteiger partial charge in [-0.15, -0.1) is 5.10 Å². The number of aromatic nitrogens is 3. The third kappa shape index (κ3) is 2.08. The van der Waals surface area contributed by atoms with E-state index in [0.717, 1.165) is 17.5 Å². The van der Waals surface area contributed by atoms with Crippen molar-refractivity contribution < 1.29 is 4.39 Å². The summed E-state index contributed by atoms with van der Waals surface area (Å²) in [5, 5.41) is 4.29. The Labute approximate surface area is 119 Å². The van der Waals surface area contributed by atoms with E-state index in [9.17, 15) is 9.18 Å². The molecule has 19 heavy (non-hydrogen) atoms. The second-order valence-corrected chi connectivity index (χ2v) is 5.48. The maximum Gasteiger partial charge on any atom is 0.351 e. The van der Waals surface area contributed by atoms with Crippen molar-refractivity contribution in [2.45, 2.75) is 24.6 Å². The van der Waals surface area contributed by atoms with Crippen molar-refractivity contribution in [1.82, 2.24) is 14.3 Å². The van der Waals surface area contributed by atoms with Crippen LogP contribution in [-0.4, -0.2) is 14.3 Å². The van der Waals surface area contributed by atoms with E-state index in [1.807, 2.05) is 0 Å². The molecule has 0 aliphatic carbocycles. The predicted molar refractivity (Wildman–Crippen MR) is 73.8 cm³/mol. The number of rotatable bonds is 1. The molecule has 0 spiro atoms. The average Bonchev–Trinajstić information content (AvgIpc) is 2.68. The van der Waals surface area contributed by atoms with Crippen LogP contribution in [0.4, 0.5) is 4.39 Å². The minimum absolute atomic E-state index is 0.108. The number of fused-ring (bicyclic) bond motifs is 1. The number of nitrogens with zero attached hydrogens (tertiary/aromatic N) is 3. The Balaban J connectivity index is 2.19. The first-order chi connectivity index (χ1) is 9.08. The molecule has 0 bridgehead atoms. The van der Waals surface area contributed by atoms with Gasteiger partial charge >= 0.3 is 5.69 Å². The summed E-state index contributed by atoms with van der Waals surface area (Å²) in [6.07, 6.45) is 2.44. The maximum atomic E-state index is 13.9. The van der Waals surface area contributed by atoms with Gasteiger partial charge in [0.1, 0.15) is 11.5 Å². The van der Waals surface area contributed by atoms with Crippen LogP contribution in [0.1, 0.15) is 24.0 Å². The molecule has 2 aromatic rings. The Morgan fingerprint density at radius 1 is 1.47 bits per heavy atom. The highest BCUT2D eigenvalue weighted by atomic mass is 35.5. The fraction of sp³-hybridized carbons (Fsp3) is 0.333. The normalized spacial score (nSPS) is 18.4. The van der Waals surface area contributed by atoms with Gasteiger partial charge in [-0.25, -0.2) is 9.18 Å². The molecule has 1 unspecified atom stereocenters. The Kier molecular flexibility index (Phi) is 3.14. The number of hydrogen-bond acceptors (Lipinski definition) is 3. The first-order valence-electron chi connectivity index (χ1n) is 5.92. The summed E-state index contributed by atoms with van der Waals surface area (Å²) in [5.74, 6) is 0.0753. The van der Waals surface area contributed by atoms with Crippen LogP contribution in [-0.2, 0) is 6.42 Å². The van der Waals surface area contributed by atoms with Gasteiger partial charge in [0, 0.05) is 11.4 Å². The molecule has 4 nitrogen and oxygen atoms in total. The van der Waals surface area contributed by atoms with Crippen molar-refractivity contribution >= 4 is 24.2 Å². The highest BCUT2D eigenvalue weighted by Gasteiger charge is 2.24. The van der Waals surface area contributed by atoms with Crippen molar-refractivity contribution in [3.8, 4) is 5.69 Å². The molecule has 0 amide bonds. The average molecular weight is 300 g/mol. The smallest absolute Gasteiger partial charge is 0.266 e. The van der Waals surface area contributed by atoms with E-state index in [1.54, 1.807) is 0 Å². The minimum atomic E-state index is -0.569. The van der Waals surface area contributed by atoms with Gasteiger partial charge in [0.2, 0.25) is 0 Å². The Bertz CT molecular complexity index is 697. The number of hydrogen-bond donors (Lipinski definition) is 1. The fourth-order valence-electron chi connectivity index (χ4n) is 2.27. The van der Waals surface area contributed by atoms with Crippen molar-refractivity contribution in [3.05, 3.63) is 45.3 Å². The highest BCUT2D eigenvalue weighted by molar-refractivity contribution is 7.80. The van der Waals surface area contributed by atoms with Crippen LogP contribution < -0.4 is 5.69 Å². The van der Waals surface area contributed by atoms with E-state index in [-0.39, 0.29) is 21.8 Å². The molecule has 1 atom stereocenters. The molecule has 3 rings (SSSR count). The van der Waals surface area contributed by atoms with E-state index >= 15 is 0 Å². The first kappa shape index (κ1) is 12.7. The van der Waals surface area contributed by atoms with Gasteiger partial charge in [0.25, 0.3) is 0 Å². The van der Waals surface area contributed by atoms with E-state index in [1.165, 1.54) is 22.8 Å². The Morgan fingerprint density at radius 2 is 2.26 bits per heavy atom. The zero-order chi connectivity index (χ0) is 13.6. The van der Waals surface area contributed by atoms with E-state index in [4.69, 9.17) is 11.6 Å². The van der Waals surface area contributed by atoms with Crippen LogP contribution in [0.5, 0.6) is 0 Å². The van der Waals surface area contributed by atoms with Crippen LogP contribution in [0, 0.1) is 5.82 Å². The third-order valence-corrected chi connectivity index (χ3v) is 3.90. The standard InChI is InChI=1S/C12H11ClFN3OS/c13-7-4-5-9(8(14)6-7)17-12(18)16-10(15-17)2-1-3-11(16)19/h4-6,11,19H,1-3H2. The Hall–Kier alpha value is -1.27. The summed E-state index contributed by atoms with van der Waals surface area (Å²) in [6, 6.07) is 4.15. The second-order valence-electron chi connectivity index (χ2n) is 4.45. The van der Waals surface area contributed by atoms with Crippen LogP contribution in [0.3, 0.4) is 0 Å². The van der Waals surface area contributed by atoms with Gasteiger partial charge in [-0.3, -0.25) is 4.57 Å². The first-order valence-corrected chi connectivity index (χ1v) is 6.81. The van der Waals surface area contributed by atoms with Gasteiger partial charge in [0.05, 0.1) is 5.37 Å². The molecule has 1 aliphatic heterocycles. The summed E-state index contributed by atoms with van der Waals surface area (Å²) >= 11 is 10.1. The van der Waals surface area contributed by atoms with Gasteiger partial charge in [-0.05, 0) is 31.0 Å². The number of thiol groups is 1. The number of benzene rings is 1. The van der Waals surface area contributed by atoms with E-state index in [2.05, 4.69) is 17.7 Å². The summed E-state index contributed by atoms with van der Waals surface area (Å²) in [6.45, 7) is 0. The van der Waals surface area contributed by atoms with Crippen LogP contribution in [0.25, 0.3) is 5.69 Å².